The summed E-state index contributed by atoms with van der Waals surface area (Å²) >= 11 is 5.75. The monoisotopic (exact) mass is 353 g/mol. The van der Waals surface area contributed by atoms with Gasteiger partial charge in [-0.05, 0) is 41.5 Å². The summed E-state index contributed by atoms with van der Waals surface area (Å²) in [5, 5.41) is 0.475. The molecule has 0 aliphatic carbocycles. The Bertz CT molecular complexity index is 844. The van der Waals surface area contributed by atoms with Gasteiger partial charge in [0.25, 0.3) is 5.91 Å². The van der Waals surface area contributed by atoms with Crippen LogP contribution < -0.4 is 5.73 Å². The van der Waals surface area contributed by atoms with Gasteiger partial charge >= 0.3 is 0 Å². The van der Waals surface area contributed by atoms with E-state index >= 15 is 0 Å². The highest BCUT2D eigenvalue weighted by Gasteiger charge is 2.23. The Kier molecular flexibility index (Phi) is 5.18. The summed E-state index contributed by atoms with van der Waals surface area (Å²) in [6, 6.07) is 11.3. The van der Waals surface area contributed by atoms with E-state index in [-0.39, 0.29) is 5.75 Å². The molecule has 0 fully saturated rings. The molecule has 0 saturated carbocycles. The topological polar surface area (TPSA) is 77.2 Å². The van der Waals surface area contributed by atoms with Crippen molar-refractivity contribution in [3.05, 3.63) is 75.4 Å². The first-order valence-corrected chi connectivity index (χ1v) is 8.55. The van der Waals surface area contributed by atoms with Gasteiger partial charge in [0.15, 0.2) is 9.84 Å². The lowest BCUT2D eigenvalue weighted by Crippen LogP contribution is -2.22. The third-order valence-electron chi connectivity index (χ3n) is 3.02. The Balaban J connectivity index is 2.37. The Morgan fingerprint density at radius 3 is 2.17 bits per heavy atom. The molecule has 0 aliphatic rings. The number of hydrogen-bond acceptors (Lipinski definition) is 3. The van der Waals surface area contributed by atoms with Crippen LogP contribution in [0, 0.1) is 5.82 Å². The molecule has 0 radical (unpaired) electrons. The predicted molar refractivity (Wildman–Crippen MR) is 87.6 cm³/mol. The summed E-state index contributed by atoms with van der Waals surface area (Å²) in [5.74, 6) is -1.92. The third-order valence-corrected chi connectivity index (χ3v) is 4.97. The molecule has 4 nitrogen and oxygen atoms in total. The minimum atomic E-state index is -3.95. The maximum Gasteiger partial charge on any atom is 0.260 e. The fourth-order valence-corrected chi connectivity index (χ4v) is 3.44. The van der Waals surface area contributed by atoms with Crippen LogP contribution in [0.15, 0.2) is 53.4 Å². The van der Waals surface area contributed by atoms with Crippen LogP contribution in [0.4, 0.5) is 4.39 Å². The van der Waals surface area contributed by atoms with Gasteiger partial charge in [-0.1, -0.05) is 35.9 Å². The number of hydrogen-bond donors (Lipinski definition) is 1. The summed E-state index contributed by atoms with van der Waals surface area (Å²) in [6.07, 6.45) is 1.13. The maximum absolute atomic E-state index is 12.9. The van der Waals surface area contributed by atoms with Gasteiger partial charge in [-0.3, -0.25) is 4.79 Å². The second-order valence-electron chi connectivity index (χ2n) is 4.81. The van der Waals surface area contributed by atoms with Crippen molar-refractivity contribution in [1.29, 1.82) is 0 Å². The minimum Gasteiger partial charge on any atom is -0.365 e. The first-order valence-electron chi connectivity index (χ1n) is 6.52. The van der Waals surface area contributed by atoms with Gasteiger partial charge in [-0.2, -0.15) is 0 Å². The number of carbonyl (C=O) groups is 1. The number of rotatable bonds is 5. The number of primary amides is 1. The smallest absolute Gasteiger partial charge is 0.260 e. The molecule has 0 atom stereocenters. The summed E-state index contributed by atoms with van der Waals surface area (Å²) in [5.41, 5.74) is 6.03. The summed E-state index contributed by atoms with van der Waals surface area (Å²) in [7, 11) is -3.95. The molecule has 23 heavy (non-hydrogen) atoms. The van der Waals surface area contributed by atoms with E-state index in [1.54, 1.807) is 24.3 Å². The van der Waals surface area contributed by atoms with Crippen molar-refractivity contribution >= 4 is 33.4 Å². The van der Waals surface area contributed by atoms with E-state index in [0.29, 0.717) is 16.1 Å². The van der Waals surface area contributed by atoms with E-state index in [0.717, 1.165) is 18.2 Å². The van der Waals surface area contributed by atoms with Crippen LogP contribution in [0.1, 0.15) is 11.1 Å². The molecule has 0 aliphatic heterocycles. The molecule has 0 unspecified atom stereocenters. The molecule has 2 aromatic carbocycles. The molecule has 0 heterocycles. The number of carbonyl (C=O) groups excluding carboxylic acids is 1. The predicted octanol–water partition coefficient (Wildman–Crippen LogP) is 2.92. The first-order chi connectivity index (χ1) is 10.8. The molecular weight excluding hydrogens is 341 g/mol. The number of benzene rings is 2. The van der Waals surface area contributed by atoms with Gasteiger partial charge in [0, 0.05) is 5.02 Å². The van der Waals surface area contributed by atoms with Crippen molar-refractivity contribution in [2.45, 2.75) is 5.75 Å². The lowest BCUT2D eigenvalue weighted by molar-refractivity contribution is -0.113. The van der Waals surface area contributed by atoms with Crippen LogP contribution in [0.3, 0.4) is 0 Å². The van der Waals surface area contributed by atoms with Crippen LogP contribution in [-0.2, 0) is 20.4 Å². The molecule has 0 aromatic heterocycles. The maximum atomic E-state index is 12.9. The molecule has 120 valence electrons. The highest BCUT2D eigenvalue weighted by Crippen LogP contribution is 2.19. The van der Waals surface area contributed by atoms with Crippen molar-refractivity contribution in [1.82, 2.24) is 0 Å². The third kappa shape index (κ3) is 4.64. The zero-order chi connectivity index (χ0) is 17.0. The zero-order valence-corrected chi connectivity index (χ0v) is 13.4. The molecular formula is C16H13ClFNO3S. The highest BCUT2D eigenvalue weighted by molar-refractivity contribution is 7.95. The van der Waals surface area contributed by atoms with E-state index in [2.05, 4.69) is 0 Å². The summed E-state index contributed by atoms with van der Waals surface area (Å²) in [6.45, 7) is 0. The van der Waals surface area contributed by atoms with Crippen LogP contribution >= 0.6 is 11.6 Å². The second kappa shape index (κ2) is 6.93. The van der Waals surface area contributed by atoms with Crippen LogP contribution in [0.5, 0.6) is 0 Å². The average molecular weight is 354 g/mol. The molecule has 7 heteroatoms. The standard InChI is InChI=1S/C16H13ClFNO3S/c17-13-5-1-12(2-6-13)10-23(21,22)15(16(19)20)9-11-3-7-14(18)8-4-11/h1-9H,10H2,(H2,19,20)/b15-9+. The Labute approximate surface area is 138 Å². The van der Waals surface area contributed by atoms with E-state index in [1.807, 2.05) is 0 Å². The average Bonchev–Trinajstić information content (AvgIpc) is 2.48. The Hall–Kier alpha value is -2.18. The molecule has 2 aromatic rings. The van der Waals surface area contributed by atoms with E-state index in [9.17, 15) is 17.6 Å². The van der Waals surface area contributed by atoms with Crippen molar-refractivity contribution < 1.29 is 17.6 Å². The van der Waals surface area contributed by atoms with Gasteiger partial charge in [0.2, 0.25) is 0 Å². The van der Waals surface area contributed by atoms with Crippen LogP contribution in [0.25, 0.3) is 6.08 Å². The Morgan fingerprint density at radius 2 is 1.65 bits per heavy atom. The number of amides is 1. The number of halogens is 2. The van der Waals surface area contributed by atoms with E-state index in [4.69, 9.17) is 17.3 Å². The van der Waals surface area contributed by atoms with Crippen LogP contribution in [-0.4, -0.2) is 14.3 Å². The molecule has 2 rings (SSSR count). The first kappa shape index (κ1) is 17.2. The van der Waals surface area contributed by atoms with Gasteiger partial charge in [0.1, 0.15) is 10.7 Å². The minimum absolute atomic E-state index is 0.361. The van der Waals surface area contributed by atoms with Gasteiger partial charge < -0.3 is 5.73 Å². The van der Waals surface area contributed by atoms with E-state index in [1.165, 1.54) is 12.1 Å². The quantitative estimate of drug-likeness (QED) is 0.839. The lowest BCUT2D eigenvalue weighted by Gasteiger charge is -2.07. The highest BCUT2D eigenvalue weighted by atomic mass is 35.5. The summed E-state index contributed by atoms with van der Waals surface area (Å²) in [4.78, 5) is 11.0. The molecule has 0 bridgehead atoms. The van der Waals surface area contributed by atoms with Crippen molar-refractivity contribution in [2.24, 2.45) is 5.73 Å². The van der Waals surface area contributed by atoms with Crippen LogP contribution in [0.2, 0.25) is 5.02 Å². The van der Waals surface area contributed by atoms with E-state index < -0.39 is 26.5 Å². The van der Waals surface area contributed by atoms with Gasteiger partial charge in [-0.25, -0.2) is 12.8 Å². The fourth-order valence-electron chi connectivity index (χ4n) is 1.90. The Morgan fingerprint density at radius 1 is 1.09 bits per heavy atom. The van der Waals surface area contributed by atoms with Gasteiger partial charge in [-0.15, -0.1) is 0 Å². The molecule has 0 saturated heterocycles. The second-order valence-corrected chi connectivity index (χ2v) is 7.20. The lowest BCUT2D eigenvalue weighted by atomic mass is 10.2. The normalized spacial score (nSPS) is 12.2. The largest absolute Gasteiger partial charge is 0.365 e. The fraction of sp³-hybridized carbons (Fsp3) is 0.0625. The number of nitrogens with two attached hydrogens (primary N) is 1. The molecule has 0 spiro atoms. The van der Waals surface area contributed by atoms with Crippen molar-refractivity contribution in [3.8, 4) is 0 Å². The SMILES string of the molecule is NC(=O)/C(=C\c1ccc(F)cc1)S(=O)(=O)Cc1ccc(Cl)cc1. The van der Waals surface area contributed by atoms with Crippen molar-refractivity contribution in [3.63, 3.8) is 0 Å². The summed E-state index contributed by atoms with van der Waals surface area (Å²) < 4.78 is 37.7. The number of sulfone groups is 1. The molecule has 1 amide bonds. The van der Waals surface area contributed by atoms with Gasteiger partial charge in [0.05, 0.1) is 5.75 Å². The zero-order valence-electron chi connectivity index (χ0n) is 11.9. The molecule has 2 N–H and O–H groups in total. The van der Waals surface area contributed by atoms with Crippen molar-refractivity contribution in [2.75, 3.05) is 0 Å².